The average Bonchev–Trinajstić information content (AvgIpc) is 2.43. The summed E-state index contributed by atoms with van der Waals surface area (Å²) < 4.78 is 0. The lowest BCUT2D eigenvalue weighted by atomic mass is 10.0. The molecule has 0 aliphatic heterocycles. The van der Waals surface area contributed by atoms with Gasteiger partial charge in [0.15, 0.2) is 0 Å². The Morgan fingerprint density at radius 3 is 2.21 bits per heavy atom. The molecular weight excluding hydrogens is 236 g/mol. The second kappa shape index (κ2) is 8.57. The van der Waals surface area contributed by atoms with Gasteiger partial charge in [-0.25, -0.2) is 4.79 Å². The van der Waals surface area contributed by atoms with Crippen LogP contribution in [0.4, 0.5) is 10.5 Å². The summed E-state index contributed by atoms with van der Waals surface area (Å²) in [5.41, 5.74) is 3.38. The van der Waals surface area contributed by atoms with Crippen LogP contribution in [0.15, 0.2) is 18.2 Å². The maximum Gasteiger partial charge on any atom is 0.319 e. The van der Waals surface area contributed by atoms with Gasteiger partial charge in [-0.2, -0.15) is 0 Å². The number of para-hydroxylation sites is 1. The molecule has 0 saturated heterocycles. The van der Waals surface area contributed by atoms with Crippen molar-refractivity contribution in [1.29, 1.82) is 0 Å². The first-order chi connectivity index (χ1) is 9.22. The van der Waals surface area contributed by atoms with Gasteiger partial charge in [-0.1, -0.05) is 51.8 Å². The molecule has 0 aliphatic rings. The minimum Gasteiger partial charge on any atom is -0.338 e. The summed E-state index contributed by atoms with van der Waals surface area (Å²) in [6.45, 7) is 7.12. The zero-order chi connectivity index (χ0) is 14.1. The predicted octanol–water partition coefficient (Wildman–Crippen LogP) is 4.12. The number of amides is 2. The summed E-state index contributed by atoms with van der Waals surface area (Å²) >= 11 is 0. The SMILES string of the molecule is CCCCCNC(=O)Nc1c(CC)cccc1CC. The summed E-state index contributed by atoms with van der Waals surface area (Å²) in [6, 6.07) is 6.12. The van der Waals surface area contributed by atoms with E-state index >= 15 is 0 Å². The van der Waals surface area contributed by atoms with Crippen molar-refractivity contribution in [2.45, 2.75) is 52.9 Å². The van der Waals surface area contributed by atoms with Crippen LogP contribution in [-0.4, -0.2) is 12.6 Å². The largest absolute Gasteiger partial charge is 0.338 e. The molecule has 0 atom stereocenters. The highest BCUT2D eigenvalue weighted by Crippen LogP contribution is 2.22. The number of carbonyl (C=O) groups excluding carboxylic acids is 1. The van der Waals surface area contributed by atoms with Crippen molar-refractivity contribution in [2.75, 3.05) is 11.9 Å². The molecule has 1 aromatic carbocycles. The fraction of sp³-hybridized carbons (Fsp3) is 0.562. The third-order valence-corrected chi connectivity index (χ3v) is 3.30. The van der Waals surface area contributed by atoms with Gasteiger partial charge in [0.2, 0.25) is 0 Å². The smallest absolute Gasteiger partial charge is 0.319 e. The maximum absolute atomic E-state index is 11.9. The van der Waals surface area contributed by atoms with Crippen LogP contribution in [0.5, 0.6) is 0 Å². The van der Waals surface area contributed by atoms with E-state index in [4.69, 9.17) is 0 Å². The van der Waals surface area contributed by atoms with Gasteiger partial charge < -0.3 is 10.6 Å². The number of hydrogen-bond acceptors (Lipinski definition) is 1. The zero-order valence-corrected chi connectivity index (χ0v) is 12.4. The van der Waals surface area contributed by atoms with E-state index in [0.29, 0.717) is 0 Å². The molecule has 3 nitrogen and oxygen atoms in total. The predicted molar refractivity (Wildman–Crippen MR) is 81.7 cm³/mol. The number of aryl methyl sites for hydroxylation is 2. The van der Waals surface area contributed by atoms with Gasteiger partial charge in [0.25, 0.3) is 0 Å². The molecule has 19 heavy (non-hydrogen) atoms. The van der Waals surface area contributed by atoms with Crippen molar-refractivity contribution >= 4 is 11.7 Å². The molecule has 1 rings (SSSR count). The molecular formula is C16H26N2O. The number of unbranched alkanes of at least 4 members (excludes halogenated alkanes) is 2. The molecule has 0 aromatic heterocycles. The minimum absolute atomic E-state index is 0.0910. The molecule has 2 amide bonds. The van der Waals surface area contributed by atoms with Gasteiger partial charge in [-0.3, -0.25) is 0 Å². The molecule has 3 heteroatoms. The molecule has 0 heterocycles. The van der Waals surface area contributed by atoms with E-state index in [2.05, 4.69) is 49.6 Å². The molecule has 0 aliphatic carbocycles. The number of rotatable bonds is 7. The normalized spacial score (nSPS) is 10.3. The van der Waals surface area contributed by atoms with Crippen molar-refractivity contribution in [3.63, 3.8) is 0 Å². The molecule has 0 radical (unpaired) electrons. The lowest BCUT2D eigenvalue weighted by molar-refractivity contribution is 0.252. The fourth-order valence-corrected chi connectivity index (χ4v) is 2.14. The van der Waals surface area contributed by atoms with Gasteiger partial charge in [0.1, 0.15) is 0 Å². The Balaban J connectivity index is 2.62. The molecule has 0 saturated carbocycles. The van der Waals surface area contributed by atoms with Crippen molar-refractivity contribution in [3.8, 4) is 0 Å². The monoisotopic (exact) mass is 262 g/mol. The zero-order valence-electron chi connectivity index (χ0n) is 12.4. The summed E-state index contributed by atoms with van der Waals surface area (Å²) in [5.74, 6) is 0. The van der Waals surface area contributed by atoms with Crippen LogP contribution in [-0.2, 0) is 12.8 Å². The molecule has 106 valence electrons. The summed E-state index contributed by atoms with van der Waals surface area (Å²) in [4.78, 5) is 11.9. The van der Waals surface area contributed by atoms with Crippen LogP contribution < -0.4 is 10.6 Å². The Kier molecular flexibility index (Phi) is 7.01. The quantitative estimate of drug-likeness (QED) is 0.713. The first-order valence-electron chi connectivity index (χ1n) is 7.38. The van der Waals surface area contributed by atoms with E-state index < -0.39 is 0 Å². The Hall–Kier alpha value is -1.51. The molecule has 2 N–H and O–H groups in total. The lowest BCUT2D eigenvalue weighted by Crippen LogP contribution is -2.30. The number of anilines is 1. The third kappa shape index (κ3) is 4.93. The maximum atomic E-state index is 11.9. The number of benzene rings is 1. The number of carbonyl (C=O) groups is 1. The van der Waals surface area contributed by atoms with E-state index in [1.807, 2.05) is 0 Å². The van der Waals surface area contributed by atoms with Crippen molar-refractivity contribution < 1.29 is 4.79 Å². The van der Waals surface area contributed by atoms with Crippen LogP contribution in [0, 0.1) is 0 Å². The Labute approximate surface area is 116 Å². The minimum atomic E-state index is -0.0910. The first-order valence-corrected chi connectivity index (χ1v) is 7.38. The second-order valence-corrected chi connectivity index (χ2v) is 4.75. The standard InChI is InChI=1S/C16H26N2O/c1-4-7-8-12-17-16(19)18-15-13(5-2)10-9-11-14(15)6-3/h9-11H,4-8,12H2,1-3H3,(H2,17,18,19). The van der Waals surface area contributed by atoms with E-state index in [1.165, 1.54) is 17.5 Å². The van der Waals surface area contributed by atoms with Crippen molar-refractivity contribution in [3.05, 3.63) is 29.3 Å². The summed E-state index contributed by atoms with van der Waals surface area (Å²) in [6.07, 6.45) is 5.23. The van der Waals surface area contributed by atoms with Crippen LogP contribution in [0.3, 0.4) is 0 Å². The van der Waals surface area contributed by atoms with Crippen LogP contribution >= 0.6 is 0 Å². The van der Waals surface area contributed by atoms with Crippen molar-refractivity contribution in [2.24, 2.45) is 0 Å². The van der Waals surface area contributed by atoms with E-state index in [9.17, 15) is 4.79 Å². The number of nitrogens with one attached hydrogen (secondary N) is 2. The first kappa shape index (κ1) is 15.5. The number of hydrogen-bond donors (Lipinski definition) is 2. The third-order valence-electron chi connectivity index (χ3n) is 3.30. The van der Waals surface area contributed by atoms with Gasteiger partial charge in [0.05, 0.1) is 0 Å². The van der Waals surface area contributed by atoms with Crippen molar-refractivity contribution in [1.82, 2.24) is 5.32 Å². The fourth-order valence-electron chi connectivity index (χ4n) is 2.14. The molecule has 0 spiro atoms. The van der Waals surface area contributed by atoms with Gasteiger partial charge in [-0.15, -0.1) is 0 Å². The van der Waals surface area contributed by atoms with E-state index in [1.54, 1.807) is 0 Å². The molecule has 0 bridgehead atoms. The topological polar surface area (TPSA) is 41.1 Å². The molecule has 1 aromatic rings. The highest BCUT2D eigenvalue weighted by molar-refractivity contribution is 5.91. The van der Waals surface area contributed by atoms with E-state index in [0.717, 1.165) is 37.9 Å². The summed E-state index contributed by atoms with van der Waals surface area (Å²) in [7, 11) is 0. The Bertz CT molecular complexity index is 379. The second-order valence-electron chi connectivity index (χ2n) is 4.75. The molecule has 0 fully saturated rings. The highest BCUT2D eigenvalue weighted by Gasteiger charge is 2.09. The molecule has 0 unspecified atom stereocenters. The average molecular weight is 262 g/mol. The van der Waals surface area contributed by atoms with Gasteiger partial charge >= 0.3 is 6.03 Å². The van der Waals surface area contributed by atoms with Crippen LogP contribution in [0.25, 0.3) is 0 Å². The highest BCUT2D eigenvalue weighted by atomic mass is 16.2. The van der Waals surface area contributed by atoms with Gasteiger partial charge in [0, 0.05) is 12.2 Å². The van der Waals surface area contributed by atoms with Crippen LogP contribution in [0.1, 0.15) is 51.2 Å². The van der Waals surface area contributed by atoms with Crippen LogP contribution in [0.2, 0.25) is 0 Å². The lowest BCUT2D eigenvalue weighted by Gasteiger charge is -2.15. The van der Waals surface area contributed by atoms with E-state index in [-0.39, 0.29) is 6.03 Å². The summed E-state index contributed by atoms with van der Waals surface area (Å²) in [5, 5.41) is 5.93. The Morgan fingerprint density at radius 1 is 1.05 bits per heavy atom. The Morgan fingerprint density at radius 2 is 1.68 bits per heavy atom. The number of urea groups is 1. The van der Waals surface area contributed by atoms with Gasteiger partial charge in [-0.05, 0) is 30.4 Å².